The van der Waals surface area contributed by atoms with Crippen LogP contribution in [0.5, 0.6) is 0 Å². The molecule has 8 heteroatoms. The number of nitrogens with zero attached hydrogens (tertiary/aromatic N) is 2. The van der Waals surface area contributed by atoms with Crippen molar-refractivity contribution in [3.8, 4) is 16.8 Å². The highest BCUT2D eigenvalue weighted by Crippen LogP contribution is 2.47. The molecule has 4 aromatic rings. The Balaban J connectivity index is 1.39. The minimum Gasteiger partial charge on any atom is -0.481 e. The number of aromatic nitrogens is 2. The van der Waals surface area contributed by atoms with Crippen LogP contribution in [0, 0.1) is 5.92 Å². The largest absolute Gasteiger partial charge is 0.481 e. The van der Waals surface area contributed by atoms with E-state index in [1.165, 1.54) is 6.20 Å². The van der Waals surface area contributed by atoms with Gasteiger partial charge in [-0.1, -0.05) is 36.4 Å². The topological polar surface area (TPSA) is 122 Å². The first-order valence-corrected chi connectivity index (χ1v) is 11.8. The molecule has 0 spiro atoms. The van der Waals surface area contributed by atoms with E-state index in [0.717, 1.165) is 16.7 Å². The second kappa shape index (κ2) is 8.13. The first kappa shape index (κ1) is 22.2. The van der Waals surface area contributed by atoms with E-state index < -0.39 is 23.0 Å². The molecule has 2 fully saturated rings. The predicted octanol–water partition coefficient (Wildman–Crippen LogP) is 3.45. The lowest BCUT2D eigenvalue weighted by molar-refractivity contribution is -0.138. The van der Waals surface area contributed by atoms with Gasteiger partial charge in [0.1, 0.15) is 16.9 Å². The number of hydrogen-bond acceptors (Lipinski definition) is 5. The fourth-order valence-electron chi connectivity index (χ4n) is 4.64. The van der Waals surface area contributed by atoms with Crippen molar-refractivity contribution < 1.29 is 19.8 Å². The average Bonchev–Trinajstić information content (AvgIpc) is 3.81. The molecule has 0 radical (unpaired) electrons. The summed E-state index contributed by atoms with van der Waals surface area (Å²) >= 11 is 0. The molecule has 2 aliphatic rings. The molecule has 3 N–H and O–H groups in total. The van der Waals surface area contributed by atoms with E-state index >= 15 is 0 Å². The molecule has 6 rings (SSSR count). The number of fused-ring (bicyclic) bond motifs is 1. The van der Waals surface area contributed by atoms with Gasteiger partial charge in [0.05, 0.1) is 11.3 Å². The standard InChI is InChI=1S/C28H23N3O5/c32-24-20-5-2-12-29-25(20)31(15-23(24)26(33)30-28(36)10-11-28)19-4-1-3-18(13-19)16-6-8-17(9-7-16)21-14-22(21)27(34)35/h1-9,12-13,15,21-22,36H,10-11,14H2,(H,30,33)(H,34,35)/t21-,22+/m0/s1. The van der Waals surface area contributed by atoms with Crippen molar-refractivity contribution in [1.29, 1.82) is 0 Å². The van der Waals surface area contributed by atoms with Crippen molar-refractivity contribution >= 4 is 22.9 Å². The molecule has 36 heavy (non-hydrogen) atoms. The van der Waals surface area contributed by atoms with E-state index in [-0.39, 0.29) is 17.4 Å². The van der Waals surface area contributed by atoms with E-state index in [1.807, 2.05) is 48.5 Å². The number of carboxylic acid groups (broad SMARTS) is 1. The van der Waals surface area contributed by atoms with Gasteiger partial charge in [-0.15, -0.1) is 0 Å². The maximum atomic E-state index is 13.1. The zero-order valence-electron chi connectivity index (χ0n) is 19.2. The van der Waals surface area contributed by atoms with Crippen molar-refractivity contribution in [2.45, 2.75) is 30.9 Å². The fraction of sp³-hybridized carbons (Fsp3) is 0.214. The van der Waals surface area contributed by atoms with Gasteiger partial charge in [0, 0.05) is 18.1 Å². The predicted molar refractivity (Wildman–Crippen MR) is 133 cm³/mol. The summed E-state index contributed by atoms with van der Waals surface area (Å²) < 4.78 is 1.71. The normalized spacial score (nSPS) is 19.6. The first-order chi connectivity index (χ1) is 17.3. The molecule has 2 atom stereocenters. The highest BCUT2D eigenvalue weighted by molar-refractivity contribution is 5.97. The van der Waals surface area contributed by atoms with E-state index in [9.17, 15) is 24.6 Å². The summed E-state index contributed by atoms with van der Waals surface area (Å²) in [7, 11) is 0. The summed E-state index contributed by atoms with van der Waals surface area (Å²) in [5.41, 5.74) is 2.29. The van der Waals surface area contributed by atoms with Gasteiger partial charge in [0.25, 0.3) is 5.91 Å². The summed E-state index contributed by atoms with van der Waals surface area (Å²) in [5.74, 6) is -1.60. The zero-order chi connectivity index (χ0) is 25.0. The minimum atomic E-state index is -1.24. The number of nitrogens with one attached hydrogen (secondary N) is 1. The van der Waals surface area contributed by atoms with E-state index in [4.69, 9.17) is 0 Å². The van der Waals surface area contributed by atoms with Crippen LogP contribution in [-0.4, -0.2) is 37.4 Å². The van der Waals surface area contributed by atoms with E-state index in [1.54, 1.807) is 22.9 Å². The Hall–Kier alpha value is -4.30. The Morgan fingerprint density at radius 3 is 2.50 bits per heavy atom. The van der Waals surface area contributed by atoms with Crippen molar-refractivity contribution in [2.75, 3.05) is 0 Å². The van der Waals surface area contributed by atoms with Gasteiger partial charge < -0.3 is 20.1 Å². The molecule has 2 aromatic heterocycles. The second-order valence-corrected chi connectivity index (χ2v) is 9.56. The molecule has 2 saturated carbocycles. The highest BCUT2D eigenvalue weighted by atomic mass is 16.4. The molecule has 0 bridgehead atoms. The SMILES string of the molecule is O=C(NC1(O)CC1)c1cn(-c2cccc(-c3ccc([C@@H]4C[C@H]4C(=O)O)cc3)c2)c2ncccc2c1=O. The summed E-state index contributed by atoms with van der Waals surface area (Å²) in [4.78, 5) is 41.5. The van der Waals surface area contributed by atoms with Crippen LogP contribution in [0.2, 0.25) is 0 Å². The Kier molecular flexibility index (Phi) is 5.01. The number of amides is 1. The number of carboxylic acids is 1. The lowest BCUT2D eigenvalue weighted by Gasteiger charge is -2.15. The van der Waals surface area contributed by atoms with Gasteiger partial charge in [-0.3, -0.25) is 14.4 Å². The Labute approximate surface area is 205 Å². The molecule has 2 aromatic carbocycles. The Bertz CT molecular complexity index is 1590. The zero-order valence-corrected chi connectivity index (χ0v) is 19.2. The number of pyridine rings is 2. The molecule has 2 aliphatic carbocycles. The number of rotatable bonds is 6. The summed E-state index contributed by atoms with van der Waals surface area (Å²) in [5, 5.41) is 22.2. The van der Waals surface area contributed by atoms with E-state index in [2.05, 4.69) is 10.3 Å². The van der Waals surface area contributed by atoms with Crippen LogP contribution in [0.1, 0.15) is 41.1 Å². The van der Waals surface area contributed by atoms with Crippen LogP contribution in [0.15, 0.2) is 77.9 Å². The maximum absolute atomic E-state index is 13.1. The average molecular weight is 482 g/mol. The monoisotopic (exact) mass is 481 g/mol. The van der Waals surface area contributed by atoms with Gasteiger partial charge in [0.2, 0.25) is 5.43 Å². The van der Waals surface area contributed by atoms with Gasteiger partial charge in [-0.2, -0.15) is 0 Å². The number of benzene rings is 2. The van der Waals surface area contributed by atoms with Crippen LogP contribution in [-0.2, 0) is 4.79 Å². The molecular weight excluding hydrogens is 458 g/mol. The molecular formula is C28H23N3O5. The molecule has 0 saturated heterocycles. The van der Waals surface area contributed by atoms with Gasteiger partial charge in [-0.05, 0) is 66.1 Å². The van der Waals surface area contributed by atoms with Crippen LogP contribution in [0.4, 0.5) is 0 Å². The quantitative estimate of drug-likeness (QED) is 0.363. The van der Waals surface area contributed by atoms with Crippen LogP contribution in [0.3, 0.4) is 0 Å². The Morgan fingerprint density at radius 1 is 1.03 bits per heavy atom. The minimum absolute atomic E-state index is 0.0667. The van der Waals surface area contributed by atoms with Gasteiger partial charge in [0.15, 0.2) is 0 Å². The lowest BCUT2D eigenvalue weighted by atomic mass is 10.0. The van der Waals surface area contributed by atoms with Crippen molar-refractivity contribution in [3.05, 3.63) is 94.4 Å². The van der Waals surface area contributed by atoms with Crippen LogP contribution < -0.4 is 10.7 Å². The third-order valence-electron chi connectivity index (χ3n) is 6.98. The first-order valence-electron chi connectivity index (χ1n) is 11.8. The van der Waals surface area contributed by atoms with Crippen LogP contribution in [0.25, 0.3) is 27.8 Å². The molecule has 8 nitrogen and oxygen atoms in total. The fourth-order valence-corrected chi connectivity index (χ4v) is 4.64. The third-order valence-corrected chi connectivity index (χ3v) is 6.98. The van der Waals surface area contributed by atoms with Crippen molar-refractivity contribution in [2.24, 2.45) is 5.92 Å². The number of carbonyl (C=O) groups is 2. The lowest BCUT2D eigenvalue weighted by Crippen LogP contribution is -2.39. The number of aliphatic hydroxyl groups is 1. The number of aliphatic carboxylic acids is 1. The number of hydrogen-bond donors (Lipinski definition) is 3. The van der Waals surface area contributed by atoms with E-state index in [0.29, 0.717) is 36.0 Å². The summed E-state index contributed by atoms with van der Waals surface area (Å²) in [6.07, 6.45) is 4.65. The highest BCUT2D eigenvalue weighted by Gasteiger charge is 2.44. The Morgan fingerprint density at radius 2 is 1.81 bits per heavy atom. The third kappa shape index (κ3) is 3.95. The van der Waals surface area contributed by atoms with Crippen molar-refractivity contribution in [3.63, 3.8) is 0 Å². The van der Waals surface area contributed by atoms with Crippen molar-refractivity contribution in [1.82, 2.24) is 14.9 Å². The second-order valence-electron chi connectivity index (χ2n) is 9.56. The van der Waals surface area contributed by atoms with Gasteiger partial charge >= 0.3 is 5.97 Å². The van der Waals surface area contributed by atoms with Gasteiger partial charge in [-0.25, -0.2) is 4.98 Å². The molecule has 0 unspecified atom stereocenters. The molecule has 1 amide bonds. The molecule has 180 valence electrons. The van der Waals surface area contributed by atoms with Crippen LogP contribution >= 0.6 is 0 Å². The molecule has 0 aliphatic heterocycles. The summed E-state index contributed by atoms with van der Waals surface area (Å²) in [6, 6.07) is 18.8. The molecule has 2 heterocycles. The smallest absolute Gasteiger partial charge is 0.307 e. The number of carbonyl (C=O) groups excluding carboxylic acids is 1. The maximum Gasteiger partial charge on any atom is 0.307 e. The summed E-state index contributed by atoms with van der Waals surface area (Å²) in [6.45, 7) is 0.